The van der Waals surface area contributed by atoms with Gasteiger partial charge in [0.1, 0.15) is 0 Å². The van der Waals surface area contributed by atoms with Crippen LogP contribution >= 0.6 is 11.8 Å². The molecule has 0 N–H and O–H groups in total. The van der Waals surface area contributed by atoms with E-state index in [-0.39, 0.29) is 22.5 Å². The van der Waals surface area contributed by atoms with Crippen LogP contribution < -0.4 is 9.47 Å². The Morgan fingerprint density at radius 3 is 2.33 bits per heavy atom. The molecule has 2 aromatic carbocycles. The number of sulfonamides is 1. The zero-order valence-electron chi connectivity index (χ0n) is 23.7. The summed E-state index contributed by atoms with van der Waals surface area (Å²) in [6, 6.07) is 12.1. The highest BCUT2D eigenvalue weighted by molar-refractivity contribution is 8.19. The van der Waals surface area contributed by atoms with E-state index in [9.17, 15) is 13.2 Å². The number of unbranched alkanes of at least 4 members (excludes halogenated alkanes) is 6. The number of carbonyl (C=O) groups is 1. The first-order valence-electron chi connectivity index (χ1n) is 13.9. The molecule has 0 aromatic heterocycles. The number of benzene rings is 2. The first-order valence-corrected chi connectivity index (χ1v) is 16.2. The highest BCUT2D eigenvalue weighted by atomic mass is 32.2. The van der Waals surface area contributed by atoms with Crippen molar-refractivity contribution in [1.29, 1.82) is 0 Å². The summed E-state index contributed by atoms with van der Waals surface area (Å²) in [5.74, 6) is 0.890. The van der Waals surface area contributed by atoms with E-state index < -0.39 is 10.0 Å². The second-order valence-electron chi connectivity index (χ2n) is 9.54. The smallest absolute Gasteiger partial charge is 0.284 e. The van der Waals surface area contributed by atoms with Gasteiger partial charge < -0.3 is 9.47 Å². The minimum Gasteiger partial charge on any atom is -0.493 e. The number of thioether (sulfide) groups is 1. The Morgan fingerprint density at radius 2 is 1.68 bits per heavy atom. The molecule has 0 aliphatic carbocycles. The number of rotatable bonds is 16. The molecule has 216 valence electrons. The van der Waals surface area contributed by atoms with Gasteiger partial charge in [0.15, 0.2) is 16.7 Å². The average molecular weight is 585 g/mol. The maximum Gasteiger partial charge on any atom is 0.284 e. The highest BCUT2D eigenvalue weighted by Gasteiger charge is 2.34. The van der Waals surface area contributed by atoms with Crippen LogP contribution in [0, 0.1) is 0 Å². The predicted octanol–water partition coefficient (Wildman–Crippen LogP) is 7.23. The van der Waals surface area contributed by atoms with Crippen LogP contribution in [0.3, 0.4) is 0 Å². The van der Waals surface area contributed by atoms with Crippen LogP contribution in [0.25, 0.3) is 6.08 Å². The molecule has 0 spiro atoms. The Balaban J connectivity index is 1.76. The molecule has 0 unspecified atom stereocenters. The van der Waals surface area contributed by atoms with Crippen molar-refractivity contribution in [2.75, 3.05) is 20.3 Å². The molecule has 0 bridgehead atoms. The standard InChI is InChI=1S/C31H40N2O5S2/c1-5-8-9-10-11-12-13-21-38-28-22-25(16-19-27(28)37-4)23-29-30(34)33(20-6-2)31(39-29)32-40(35,36)26-17-14-24(7-3)15-18-26/h6,14-19,22-23H,2,5,7-13,20-21H2,1,3-4H3. The summed E-state index contributed by atoms with van der Waals surface area (Å²) < 4.78 is 41.6. The summed E-state index contributed by atoms with van der Waals surface area (Å²) in [5.41, 5.74) is 1.77. The fraction of sp³-hybridized carbons (Fsp3) is 0.419. The zero-order valence-corrected chi connectivity index (χ0v) is 25.4. The van der Waals surface area contributed by atoms with E-state index in [4.69, 9.17) is 9.47 Å². The van der Waals surface area contributed by atoms with Crippen molar-refractivity contribution in [1.82, 2.24) is 4.90 Å². The molecule has 3 rings (SSSR count). The SMILES string of the molecule is C=CCN1C(=O)C(=Cc2ccc(OC)c(OCCCCCCCCC)c2)SC1=NS(=O)(=O)c1ccc(CC)cc1. The van der Waals surface area contributed by atoms with Gasteiger partial charge in [0.25, 0.3) is 15.9 Å². The Kier molecular flexibility index (Phi) is 12.3. The van der Waals surface area contributed by atoms with Crippen molar-refractivity contribution in [2.24, 2.45) is 4.40 Å². The van der Waals surface area contributed by atoms with E-state index in [1.165, 1.54) is 37.0 Å². The van der Waals surface area contributed by atoms with E-state index in [1.807, 2.05) is 19.1 Å². The van der Waals surface area contributed by atoms with Crippen molar-refractivity contribution < 1.29 is 22.7 Å². The maximum atomic E-state index is 13.2. The molecule has 1 amide bonds. The van der Waals surface area contributed by atoms with Crippen LogP contribution in [0.4, 0.5) is 0 Å². The molecular weight excluding hydrogens is 544 g/mol. The first-order chi connectivity index (χ1) is 19.3. The van der Waals surface area contributed by atoms with Gasteiger partial charge in [-0.05, 0) is 66.1 Å². The summed E-state index contributed by atoms with van der Waals surface area (Å²) in [5, 5.41) is 0.0969. The highest BCUT2D eigenvalue weighted by Crippen LogP contribution is 2.35. The van der Waals surface area contributed by atoms with Crippen LogP contribution in [-0.2, 0) is 21.2 Å². The lowest BCUT2D eigenvalue weighted by Crippen LogP contribution is -2.29. The number of ether oxygens (including phenoxy) is 2. The number of hydrogen-bond acceptors (Lipinski definition) is 6. The topological polar surface area (TPSA) is 85.3 Å². The molecule has 0 saturated carbocycles. The Morgan fingerprint density at radius 1 is 0.975 bits per heavy atom. The molecule has 2 aromatic rings. The molecule has 40 heavy (non-hydrogen) atoms. The molecule has 9 heteroatoms. The summed E-state index contributed by atoms with van der Waals surface area (Å²) in [6.45, 7) is 8.65. The minimum atomic E-state index is -4.00. The summed E-state index contributed by atoms with van der Waals surface area (Å²) >= 11 is 1.03. The van der Waals surface area contributed by atoms with Crippen LogP contribution in [0.15, 0.2) is 69.3 Å². The largest absolute Gasteiger partial charge is 0.493 e. The lowest BCUT2D eigenvalue weighted by Gasteiger charge is -2.12. The van der Waals surface area contributed by atoms with Crippen LogP contribution in [0.1, 0.15) is 69.9 Å². The van der Waals surface area contributed by atoms with Gasteiger partial charge in [-0.15, -0.1) is 11.0 Å². The van der Waals surface area contributed by atoms with Gasteiger partial charge in [-0.2, -0.15) is 8.42 Å². The number of methoxy groups -OCH3 is 1. The normalized spacial score (nSPS) is 15.7. The van der Waals surface area contributed by atoms with E-state index in [1.54, 1.807) is 49.6 Å². The number of amidine groups is 1. The molecule has 7 nitrogen and oxygen atoms in total. The first kappa shape index (κ1) is 31.5. The number of hydrogen-bond donors (Lipinski definition) is 0. The average Bonchev–Trinajstić information content (AvgIpc) is 3.23. The van der Waals surface area contributed by atoms with Gasteiger partial charge in [-0.3, -0.25) is 9.69 Å². The molecule has 1 fully saturated rings. The summed E-state index contributed by atoms with van der Waals surface area (Å²) in [4.78, 5) is 15.0. The fourth-order valence-electron chi connectivity index (χ4n) is 4.21. The number of nitrogens with zero attached hydrogens (tertiary/aromatic N) is 2. The Labute approximate surface area is 243 Å². The lowest BCUT2D eigenvalue weighted by atomic mass is 10.1. The van der Waals surface area contributed by atoms with Crippen molar-refractivity contribution in [2.45, 2.75) is 70.1 Å². The van der Waals surface area contributed by atoms with Crippen molar-refractivity contribution in [3.8, 4) is 11.5 Å². The van der Waals surface area contributed by atoms with E-state index in [2.05, 4.69) is 17.9 Å². The third kappa shape index (κ3) is 8.73. The maximum absolute atomic E-state index is 13.2. The molecule has 1 heterocycles. The Bertz CT molecular complexity index is 1320. The van der Waals surface area contributed by atoms with Gasteiger partial charge in [0.2, 0.25) is 0 Å². The van der Waals surface area contributed by atoms with E-state index in [0.29, 0.717) is 23.0 Å². The van der Waals surface area contributed by atoms with Crippen LogP contribution in [0.2, 0.25) is 0 Å². The predicted molar refractivity (Wildman–Crippen MR) is 164 cm³/mol. The zero-order chi connectivity index (χ0) is 29.0. The molecule has 1 aliphatic rings. The molecule has 1 saturated heterocycles. The minimum absolute atomic E-state index is 0.0825. The van der Waals surface area contributed by atoms with Gasteiger partial charge in [-0.1, -0.05) is 76.6 Å². The van der Waals surface area contributed by atoms with Gasteiger partial charge in [-0.25, -0.2) is 0 Å². The summed E-state index contributed by atoms with van der Waals surface area (Å²) in [7, 11) is -2.41. The van der Waals surface area contributed by atoms with Gasteiger partial charge >= 0.3 is 0 Å². The second-order valence-corrected chi connectivity index (χ2v) is 12.2. The van der Waals surface area contributed by atoms with E-state index >= 15 is 0 Å². The van der Waals surface area contributed by atoms with Crippen LogP contribution in [0.5, 0.6) is 11.5 Å². The Hall–Kier alpha value is -3.04. The van der Waals surface area contributed by atoms with Crippen molar-refractivity contribution in [3.63, 3.8) is 0 Å². The van der Waals surface area contributed by atoms with Crippen molar-refractivity contribution in [3.05, 3.63) is 71.2 Å². The van der Waals surface area contributed by atoms with Crippen molar-refractivity contribution >= 4 is 38.9 Å². The molecule has 0 atom stereocenters. The van der Waals surface area contributed by atoms with Gasteiger partial charge in [0, 0.05) is 6.54 Å². The molecular formula is C31H40N2O5S2. The lowest BCUT2D eigenvalue weighted by molar-refractivity contribution is -0.121. The summed E-state index contributed by atoms with van der Waals surface area (Å²) in [6.07, 6.45) is 12.4. The second kappa shape index (κ2) is 15.7. The fourth-order valence-corrected chi connectivity index (χ4v) is 6.40. The number of amides is 1. The van der Waals surface area contributed by atoms with E-state index in [0.717, 1.165) is 42.2 Å². The number of carbonyl (C=O) groups excluding carboxylic acids is 1. The quantitative estimate of drug-likeness (QED) is 0.118. The molecule has 1 aliphatic heterocycles. The van der Waals surface area contributed by atoms with Crippen LogP contribution in [-0.4, -0.2) is 44.7 Å². The number of aryl methyl sites for hydroxylation is 1. The molecule has 0 radical (unpaired) electrons. The monoisotopic (exact) mass is 584 g/mol. The van der Waals surface area contributed by atoms with Gasteiger partial charge in [0.05, 0.1) is 23.5 Å². The third-order valence-corrected chi connectivity index (χ3v) is 8.92. The third-order valence-electron chi connectivity index (χ3n) is 6.52.